The first-order valence-electron chi connectivity index (χ1n) is 7.05. The second-order valence-corrected chi connectivity index (χ2v) is 6.90. The number of oxazole rings is 1. The van der Waals surface area contributed by atoms with E-state index in [9.17, 15) is 12.8 Å². The Kier molecular flexibility index (Phi) is 4.14. The predicted molar refractivity (Wildman–Crippen MR) is 84.0 cm³/mol. The van der Waals surface area contributed by atoms with Crippen LogP contribution in [0.5, 0.6) is 0 Å². The summed E-state index contributed by atoms with van der Waals surface area (Å²) in [5, 5.41) is 0. The molecule has 0 spiro atoms. The van der Waals surface area contributed by atoms with Gasteiger partial charge in [0.05, 0.1) is 4.90 Å². The van der Waals surface area contributed by atoms with Crippen LogP contribution in [0.25, 0.3) is 11.1 Å². The fourth-order valence-electron chi connectivity index (χ4n) is 2.27. The fourth-order valence-corrected chi connectivity index (χ4v) is 3.30. The van der Waals surface area contributed by atoms with Gasteiger partial charge in [-0.3, -0.25) is 0 Å². The number of fused-ring (bicyclic) bond motifs is 1. The quantitative estimate of drug-likeness (QED) is 0.779. The first kappa shape index (κ1) is 15.6. The molecular formula is C16H15FN2O3S. The summed E-state index contributed by atoms with van der Waals surface area (Å²) in [6.45, 7) is 2.01. The lowest BCUT2D eigenvalue weighted by atomic mass is 10.1. The van der Waals surface area contributed by atoms with Crippen molar-refractivity contribution in [1.29, 1.82) is 0 Å². The molecule has 0 saturated heterocycles. The monoisotopic (exact) mass is 334 g/mol. The van der Waals surface area contributed by atoms with Crippen molar-refractivity contribution in [3.05, 3.63) is 59.7 Å². The van der Waals surface area contributed by atoms with Crippen LogP contribution in [0.1, 0.15) is 11.5 Å². The Hall–Kier alpha value is -2.25. The zero-order valence-electron chi connectivity index (χ0n) is 12.4. The van der Waals surface area contributed by atoms with Crippen molar-refractivity contribution in [2.45, 2.75) is 18.2 Å². The Morgan fingerprint density at radius 2 is 1.91 bits per heavy atom. The minimum Gasteiger partial charge on any atom is -0.441 e. The second kappa shape index (κ2) is 6.10. The van der Waals surface area contributed by atoms with E-state index in [2.05, 4.69) is 9.71 Å². The number of hydrogen-bond donors (Lipinski definition) is 1. The van der Waals surface area contributed by atoms with Crippen LogP contribution in [-0.4, -0.2) is 19.9 Å². The van der Waals surface area contributed by atoms with Gasteiger partial charge in [0.15, 0.2) is 11.5 Å². The maximum atomic E-state index is 12.8. The minimum absolute atomic E-state index is 0.0419. The number of benzene rings is 2. The van der Waals surface area contributed by atoms with E-state index in [1.54, 1.807) is 6.92 Å². The number of hydrogen-bond acceptors (Lipinski definition) is 4. The lowest BCUT2D eigenvalue weighted by Crippen LogP contribution is -2.26. The molecule has 23 heavy (non-hydrogen) atoms. The van der Waals surface area contributed by atoms with E-state index in [4.69, 9.17) is 4.42 Å². The molecule has 5 nitrogen and oxygen atoms in total. The second-order valence-electron chi connectivity index (χ2n) is 5.14. The Morgan fingerprint density at radius 1 is 1.17 bits per heavy atom. The highest BCUT2D eigenvalue weighted by atomic mass is 32.2. The molecule has 0 fully saturated rings. The van der Waals surface area contributed by atoms with Gasteiger partial charge in [-0.15, -0.1) is 0 Å². The van der Waals surface area contributed by atoms with Gasteiger partial charge in [-0.2, -0.15) is 0 Å². The van der Waals surface area contributed by atoms with Gasteiger partial charge in [-0.1, -0.05) is 6.07 Å². The highest BCUT2D eigenvalue weighted by Gasteiger charge is 2.13. The lowest BCUT2D eigenvalue weighted by Gasteiger charge is -2.06. The Bertz CT molecular complexity index is 934. The van der Waals surface area contributed by atoms with Crippen LogP contribution >= 0.6 is 0 Å². The topological polar surface area (TPSA) is 72.2 Å². The third-order valence-electron chi connectivity index (χ3n) is 3.39. The van der Waals surface area contributed by atoms with E-state index in [1.165, 1.54) is 12.1 Å². The molecule has 0 aliphatic rings. The maximum absolute atomic E-state index is 12.8. The summed E-state index contributed by atoms with van der Waals surface area (Å²) in [6, 6.07) is 10.3. The smallest absolute Gasteiger partial charge is 0.240 e. The van der Waals surface area contributed by atoms with Gasteiger partial charge >= 0.3 is 0 Å². The molecule has 2 aromatic carbocycles. The van der Waals surface area contributed by atoms with Crippen LogP contribution in [0, 0.1) is 12.7 Å². The highest BCUT2D eigenvalue weighted by Crippen LogP contribution is 2.17. The van der Waals surface area contributed by atoms with Crippen LogP contribution in [0.3, 0.4) is 0 Å². The van der Waals surface area contributed by atoms with E-state index in [0.29, 0.717) is 17.9 Å². The summed E-state index contributed by atoms with van der Waals surface area (Å²) in [7, 11) is -3.64. The predicted octanol–water partition coefficient (Wildman–Crippen LogP) is 2.80. The van der Waals surface area contributed by atoms with Gasteiger partial charge in [0, 0.05) is 13.5 Å². The third kappa shape index (κ3) is 3.57. The van der Waals surface area contributed by atoms with Crippen LogP contribution < -0.4 is 4.72 Å². The number of halogens is 1. The largest absolute Gasteiger partial charge is 0.441 e. The highest BCUT2D eigenvalue weighted by molar-refractivity contribution is 7.89. The number of aryl methyl sites for hydroxylation is 1. The van der Waals surface area contributed by atoms with Crippen molar-refractivity contribution in [3.8, 4) is 0 Å². The molecule has 1 heterocycles. The Labute approximate surface area is 133 Å². The minimum atomic E-state index is -3.64. The zero-order valence-corrected chi connectivity index (χ0v) is 13.2. The molecule has 0 atom stereocenters. The summed E-state index contributed by atoms with van der Waals surface area (Å²) in [5.74, 6) is 0.119. The van der Waals surface area contributed by atoms with Crippen molar-refractivity contribution in [2.24, 2.45) is 0 Å². The number of nitrogens with zero attached hydrogens (tertiary/aromatic N) is 1. The first-order chi connectivity index (χ1) is 10.9. The molecule has 120 valence electrons. The van der Waals surface area contributed by atoms with Gasteiger partial charge in [0.25, 0.3) is 0 Å². The van der Waals surface area contributed by atoms with Crippen molar-refractivity contribution >= 4 is 21.1 Å². The van der Waals surface area contributed by atoms with Crippen LogP contribution in [0.4, 0.5) is 4.39 Å². The van der Waals surface area contributed by atoms with Gasteiger partial charge < -0.3 is 4.42 Å². The molecule has 1 aromatic heterocycles. The Morgan fingerprint density at radius 3 is 2.65 bits per heavy atom. The number of nitrogens with one attached hydrogen (secondary N) is 1. The van der Waals surface area contributed by atoms with E-state index in [1.807, 2.05) is 18.2 Å². The molecule has 3 aromatic rings. The van der Waals surface area contributed by atoms with E-state index in [0.717, 1.165) is 23.2 Å². The van der Waals surface area contributed by atoms with Gasteiger partial charge in [0.1, 0.15) is 11.3 Å². The number of aromatic nitrogens is 1. The molecule has 0 amide bonds. The van der Waals surface area contributed by atoms with Gasteiger partial charge in [0.2, 0.25) is 10.0 Å². The Balaban J connectivity index is 1.66. The first-order valence-corrected chi connectivity index (χ1v) is 8.54. The lowest BCUT2D eigenvalue weighted by molar-refractivity contribution is 0.560. The standard InChI is InChI=1S/C16H15FN2O3S/c1-11-19-15-7-2-12(10-16(15)22-11)8-9-18-23(20,21)14-5-3-13(17)4-6-14/h2-7,10,18H,8-9H2,1H3. The third-order valence-corrected chi connectivity index (χ3v) is 4.87. The summed E-state index contributed by atoms with van der Waals surface area (Å²) in [4.78, 5) is 4.25. The summed E-state index contributed by atoms with van der Waals surface area (Å²) in [6.07, 6.45) is 0.510. The van der Waals surface area contributed by atoms with Crippen molar-refractivity contribution in [1.82, 2.24) is 9.71 Å². The van der Waals surface area contributed by atoms with Gasteiger partial charge in [-0.25, -0.2) is 22.5 Å². The molecule has 0 saturated carbocycles. The maximum Gasteiger partial charge on any atom is 0.240 e. The van der Waals surface area contributed by atoms with Crippen LogP contribution in [0.15, 0.2) is 51.8 Å². The van der Waals surface area contributed by atoms with Crippen LogP contribution in [-0.2, 0) is 16.4 Å². The molecule has 0 unspecified atom stereocenters. The zero-order chi connectivity index (χ0) is 16.4. The SMILES string of the molecule is Cc1nc2ccc(CCNS(=O)(=O)c3ccc(F)cc3)cc2o1. The molecule has 7 heteroatoms. The summed E-state index contributed by atoms with van der Waals surface area (Å²) < 4.78 is 45.0. The molecule has 1 N–H and O–H groups in total. The van der Waals surface area contributed by atoms with Crippen molar-refractivity contribution in [3.63, 3.8) is 0 Å². The normalized spacial score (nSPS) is 11.9. The average Bonchev–Trinajstić information content (AvgIpc) is 2.87. The molecule has 0 aliphatic carbocycles. The molecule has 3 rings (SSSR count). The van der Waals surface area contributed by atoms with E-state index < -0.39 is 15.8 Å². The van der Waals surface area contributed by atoms with Crippen LogP contribution in [0.2, 0.25) is 0 Å². The molecule has 0 radical (unpaired) electrons. The van der Waals surface area contributed by atoms with E-state index in [-0.39, 0.29) is 11.4 Å². The number of rotatable bonds is 5. The fraction of sp³-hybridized carbons (Fsp3) is 0.188. The summed E-state index contributed by atoms with van der Waals surface area (Å²) >= 11 is 0. The average molecular weight is 334 g/mol. The molecule has 0 bridgehead atoms. The van der Waals surface area contributed by atoms with Crippen molar-refractivity contribution < 1.29 is 17.2 Å². The van der Waals surface area contributed by atoms with Crippen molar-refractivity contribution in [2.75, 3.05) is 6.54 Å². The summed E-state index contributed by atoms with van der Waals surface area (Å²) in [5.41, 5.74) is 2.40. The van der Waals surface area contributed by atoms with E-state index >= 15 is 0 Å². The number of sulfonamides is 1. The van der Waals surface area contributed by atoms with Gasteiger partial charge in [-0.05, 0) is 48.4 Å². The molecular weight excluding hydrogens is 319 g/mol. The molecule has 0 aliphatic heterocycles.